The first-order chi connectivity index (χ1) is 13.0. The van der Waals surface area contributed by atoms with Crippen molar-refractivity contribution in [3.63, 3.8) is 0 Å². The summed E-state index contributed by atoms with van der Waals surface area (Å²) in [5.41, 5.74) is 1.78. The van der Waals surface area contributed by atoms with E-state index in [4.69, 9.17) is 0 Å². The number of nitrogens with zero attached hydrogens (tertiary/aromatic N) is 1. The average molecular weight is 370 g/mol. The van der Waals surface area contributed by atoms with Crippen molar-refractivity contribution in [3.05, 3.63) is 71.5 Å². The third-order valence-corrected chi connectivity index (χ3v) is 4.35. The Bertz CT molecular complexity index is 732. The number of benzene rings is 2. The molecular formula is C22H27FN2O2. The molecule has 0 saturated carbocycles. The minimum absolute atomic E-state index is 0.0750. The second-order valence-electron chi connectivity index (χ2n) is 6.50. The molecule has 144 valence electrons. The molecule has 2 aromatic rings. The Kier molecular flexibility index (Phi) is 7.99. The van der Waals surface area contributed by atoms with Gasteiger partial charge in [-0.25, -0.2) is 4.39 Å². The average Bonchev–Trinajstić information content (AvgIpc) is 2.67. The summed E-state index contributed by atoms with van der Waals surface area (Å²) in [6, 6.07) is 15.1. The number of halogens is 1. The molecule has 4 nitrogen and oxygen atoms in total. The molecule has 0 aliphatic heterocycles. The van der Waals surface area contributed by atoms with E-state index in [2.05, 4.69) is 5.32 Å². The Morgan fingerprint density at radius 1 is 1.00 bits per heavy atom. The molecule has 0 aliphatic rings. The molecule has 2 amide bonds. The number of carbonyl (C=O) groups excluding carboxylic acids is 2. The molecule has 1 atom stereocenters. The number of likely N-dealkylation sites (N-methyl/N-ethyl adjacent to an activating group) is 1. The molecule has 0 aromatic heterocycles. The Balaban J connectivity index is 2.33. The van der Waals surface area contributed by atoms with Crippen LogP contribution in [-0.2, 0) is 22.6 Å². The summed E-state index contributed by atoms with van der Waals surface area (Å²) in [5, 5.41) is 2.85. The van der Waals surface area contributed by atoms with Crippen LogP contribution in [-0.4, -0.2) is 29.3 Å². The minimum Gasteiger partial charge on any atom is -0.355 e. The number of carbonyl (C=O) groups is 2. The lowest BCUT2D eigenvalue weighted by molar-refractivity contribution is -0.141. The normalized spacial score (nSPS) is 11.7. The molecule has 0 aliphatic carbocycles. The van der Waals surface area contributed by atoms with E-state index < -0.39 is 6.04 Å². The number of rotatable bonds is 9. The van der Waals surface area contributed by atoms with Crippen molar-refractivity contribution in [1.29, 1.82) is 0 Å². The number of nitrogens with one attached hydrogen (secondary N) is 1. The van der Waals surface area contributed by atoms with E-state index in [0.29, 0.717) is 25.8 Å². The second-order valence-corrected chi connectivity index (χ2v) is 6.50. The number of amides is 2. The second kappa shape index (κ2) is 10.5. The summed E-state index contributed by atoms with van der Waals surface area (Å²) in [7, 11) is 0. The molecule has 27 heavy (non-hydrogen) atoms. The van der Waals surface area contributed by atoms with Crippen LogP contribution in [0.4, 0.5) is 4.39 Å². The zero-order valence-electron chi connectivity index (χ0n) is 16.0. The maximum absolute atomic E-state index is 13.2. The van der Waals surface area contributed by atoms with Crippen LogP contribution in [0.1, 0.15) is 37.8 Å². The van der Waals surface area contributed by atoms with Crippen LogP contribution >= 0.6 is 0 Å². The molecule has 0 heterocycles. The summed E-state index contributed by atoms with van der Waals surface area (Å²) in [6.07, 6.45) is 1.50. The van der Waals surface area contributed by atoms with Crippen LogP contribution in [0, 0.1) is 5.82 Å². The smallest absolute Gasteiger partial charge is 0.243 e. The van der Waals surface area contributed by atoms with Crippen molar-refractivity contribution in [2.75, 3.05) is 6.54 Å². The lowest BCUT2D eigenvalue weighted by Crippen LogP contribution is -2.50. The van der Waals surface area contributed by atoms with Gasteiger partial charge in [-0.3, -0.25) is 9.59 Å². The van der Waals surface area contributed by atoms with Gasteiger partial charge in [-0.2, -0.15) is 0 Å². The fourth-order valence-corrected chi connectivity index (χ4v) is 2.99. The molecule has 1 unspecified atom stereocenters. The van der Waals surface area contributed by atoms with E-state index in [9.17, 15) is 14.0 Å². The van der Waals surface area contributed by atoms with Gasteiger partial charge in [0.1, 0.15) is 11.9 Å². The van der Waals surface area contributed by atoms with E-state index in [1.807, 2.05) is 44.2 Å². The predicted molar refractivity (Wildman–Crippen MR) is 104 cm³/mol. The molecule has 0 fully saturated rings. The van der Waals surface area contributed by atoms with Gasteiger partial charge in [-0.15, -0.1) is 0 Å². The van der Waals surface area contributed by atoms with E-state index in [-0.39, 0.29) is 24.2 Å². The highest BCUT2D eigenvalue weighted by atomic mass is 19.1. The van der Waals surface area contributed by atoms with Crippen molar-refractivity contribution in [2.45, 2.75) is 45.7 Å². The van der Waals surface area contributed by atoms with Gasteiger partial charge in [0.2, 0.25) is 11.8 Å². The van der Waals surface area contributed by atoms with Crippen LogP contribution in [0.25, 0.3) is 0 Å². The molecular weight excluding hydrogens is 343 g/mol. The molecule has 5 heteroatoms. The maximum atomic E-state index is 13.2. The van der Waals surface area contributed by atoms with Gasteiger partial charge < -0.3 is 10.2 Å². The minimum atomic E-state index is -0.614. The molecule has 0 radical (unpaired) electrons. The van der Waals surface area contributed by atoms with Gasteiger partial charge in [0, 0.05) is 25.9 Å². The lowest BCUT2D eigenvalue weighted by atomic mass is 10.0. The summed E-state index contributed by atoms with van der Waals surface area (Å²) in [5.74, 6) is -0.573. The first kappa shape index (κ1) is 20.6. The van der Waals surface area contributed by atoms with Crippen LogP contribution in [0.5, 0.6) is 0 Å². The molecule has 0 bridgehead atoms. The molecule has 2 rings (SSSR count). The van der Waals surface area contributed by atoms with Gasteiger partial charge in [-0.05, 0) is 36.6 Å². The quantitative estimate of drug-likeness (QED) is 0.732. The van der Waals surface area contributed by atoms with E-state index in [1.165, 1.54) is 12.1 Å². The summed E-state index contributed by atoms with van der Waals surface area (Å²) in [6.45, 7) is 4.56. The topological polar surface area (TPSA) is 49.4 Å². The highest BCUT2D eigenvalue weighted by Crippen LogP contribution is 2.16. The largest absolute Gasteiger partial charge is 0.355 e. The zero-order chi connectivity index (χ0) is 19.6. The summed E-state index contributed by atoms with van der Waals surface area (Å²) < 4.78 is 13.2. The first-order valence-corrected chi connectivity index (χ1v) is 9.40. The number of hydrogen-bond donors (Lipinski definition) is 1. The maximum Gasteiger partial charge on any atom is 0.243 e. The van der Waals surface area contributed by atoms with Crippen molar-refractivity contribution < 1.29 is 14.0 Å². The van der Waals surface area contributed by atoms with Gasteiger partial charge in [0.15, 0.2) is 0 Å². The number of hydrogen-bond acceptors (Lipinski definition) is 2. The van der Waals surface area contributed by atoms with Crippen molar-refractivity contribution in [3.8, 4) is 0 Å². The summed E-state index contributed by atoms with van der Waals surface area (Å²) in [4.78, 5) is 27.2. The predicted octanol–water partition coefficient (Wildman–Crippen LogP) is 3.70. The van der Waals surface area contributed by atoms with Crippen LogP contribution in [0.2, 0.25) is 0 Å². The Hall–Kier alpha value is -2.69. The van der Waals surface area contributed by atoms with E-state index in [0.717, 1.165) is 11.1 Å². The molecule has 0 saturated heterocycles. The van der Waals surface area contributed by atoms with Gasteiger partial charge >= 0.3 is 0 Å². The Morgan fingerprint density at radius 3 is 2.26 bits per heavy atom. The Labute approximate surface area is 160 Å². The van der Waals surface area contributed by atoms with Crippen molar-refractivity contribution in [2.24, 2.45) is 0 Å². The highest BCUT2D eigenvalue weighted by Gasteiger charge is 2.29. The molecule has 0 spiro atoms. The van der Waals surface area contributed by atoms with E-state index >= 15 is 0 Å². The van der Waals surface area contributed by atoms with Gasteiger partial charge in [0.25, 0.3) is 0 Å². The fourth-order valence-electron chi connectivity index (χ4n) is 2.99. The van der Waals surface area contributed by atoms with Gasteiger partial charge in [-0.1, -0.05) is 49.4 Å². The third-order valence-electron chi connectivity index (χ3n) is 4.35. The monoisotopic (exact) mass is 370 g/mol. The van der Waals surface area contributed by atoms with Crippen LogP contribution < -0.4 is 5.32 Å². The molecule has 1 N–H and O–H groups in total. The van der Waals surface area contributed by atoms with E-state index in [1.54, 1.807) is 17.0 Å². The lowest BCUT2D eigenvalue weighted by Gasteiger charge is -2.31. The van der Waals surface area contributed by atoms with Crippen molar-refractivity contribution >= 4 is 11.8 Å². The zero-order valence-corrected chi connectivity index (χ0v) is 16.0. The first-order valence-electron chi connectivity index (χ1n) is 9.40. The SMILES string of the molecule is CCCC(=O)N(Cc1ccc(F)cc1)C(Cc1ccccc1)C(=O)NCC. The van der Waals surface area contributed by atoms with Crippen molar-refractivity contribution in [1.82, 2.24) is 10.2 Å². The molecule has 2 aromatic carbocycles. The third kappa shape index (κ3) is 6.20. The highest BCUT2D eigenvalue weighted by molar-refractivity contribution is 5.88. The van der Waals surface area contributed by atoms with Crippen LogP contribution in [0.3, 0.4) is 0 Å². The summed E-state index contributed by atoms with van der Waals surface area (Å²) >= 11 is 0. The Morgan fingerprint density at radius 2 is 1.67 bits per heavy atom. The van der Waals surface area contributed by atoms with Gasteiger partial charge in [0.05, 0.1) is 0 Å². The standard InChI is InChI=1S/C22H27FN2O2/c1-3-8-21(26)25(16-18-11-13-19(23)14-12-18)20(22(27)24-4-2)15-17-9-6-5-7-10-17/h5-7,9-14,20H,3-4,8,15-16H2,1-2H3,(H,24,27). The fraction of sp³-hybridized carbons (Fsp3) is 0.364. The van der Waals surface area contributed by atoms with Crippen LogP contribution in [0.15, 0.2) is 54.6 Å².